The second kappa shape index (κ2) is 6.18. The first-order valence-corrected chi connectivity index (χ1v) is 8.24. The highest BCUT2D eigenvalue weighted by Gasteiger charge is 2.28. The first-order valence-electron chi connectivity index (χ1n) is 8.24. The fourth-order valence-corrected chi connectivity index (χ4v) is 3.11. The van der Waals surface area contributed by atoms with Gasteiger partial charge < -0.3 is 14.8 Å². The van der Waals surface area contributed by atoms with Crippen LogP contribution < -0.4 is 15.8 Å². The number of piperidine rings is 1. The van der Waals surface area contributed by atoms with Gasteiger partial charge in [0.05, 0.1) is 0 Å². The molecule has 1 aliphatic carbocycles. The van der Waals surface area contributed by atoms with Crippen molar-refractivity contribution in [1.82, 2.24) is 14.9 Å². The Morgan fingerprint density at radius 1 is 1.38 bits per heavy atom. The van der Waals surface area contributed by atoms with Crippen LogP contribution in [0.1, 0.15) is 52.0 Å². The third-order valence-electron chi connectivity index (χ3n) is 4.52. The van der Waals surface area contributed by atoms with E-state index in [1.165, 1.54) is 19.3 Å². The lowest BCUT2D eigenvalue weighted by atomic mass is 10.0. The molecule has 0 radical (unpaired) electrons. The number of nitrogens with zero attached hydrogens (tertiary/aromatic N) is 3. The zero-order valence-electron chi connectivity index (χ0n) is 13.1. The van der Waals surface area contributed by atoms with Gasteiger partial charge in [-0.05, 0) is 46.1 Å². The molecule has 21 heavy (non-hydrogen) atoms. The number of aromatic nitrogens is 2. The van der Waals surface area contributed by atoms with Crippen molar-refractivity contribution in [3.8, 4) is 0 Å². The molecular formula is C16H26N4O. The molecule has 0 bridgehead atoms. The number of hydrogen-bond donors (Lipinski definition) is 1. The summed E-state index contributed by atoms with van der Waals surface area (Å²) in [6.07, 6.45) is 9.57. The van der Waals surface area contributed by atoms with Crippen molar-refractivity contribution in [3.63, 3.8) is 0 Å². The van der Waals surface area contributed by atoms with Crippen LogP contribution in [0.2, 0.25) is 0 Å². The van der Waals surface area contributed by atoms with E-state index < -0.39 is 0 Å². The summed E-state index contributed by atoms with van der Waals surface area (Å²) in [5.41, 5.74) is 0.0736. The molecule has 5 heteroatoms. The zero-order valence-corrected chi connectivity index (χ0v) is 13.1. The van der Waals surface area contributed by atoms with E-state index in [1.807, 2.05) is 10.8 Å². The van der Waals surface area contributed by atoms with Crippen LogP contribution >= 0.6 is 0 Å². The molecule has 0 aromatic carbocycles. The van der Waals surface area contributed by atoms with Crippen LogP contribution in [0, 0.1) is 0 Å². The minimum absolute atomic E-state index is 0.0736. The Bertz CT molecular complexity index is 529. The van der Waals surface area contributed by atoms with Gasteiger partial charge in [0.1, 0.15) is 0 Å². The van der Waals surface area contributed by atoms with Gasteiger partial charge in [-0.25, -0.2) is 4.98 Å². The third kappa shape index (κ3) is 3.28. The van der Waals surface area contributed by atoms with Crippen molar-refractivity contribution >= 4 is 5.82 Å². The van der Waals surface area contributed by atoms with Crippen LogP contribution in [0.5, 0.6) is 0 Å². The number of nitrogens with one attached hydrogen (secondary N) is 1. The number of anilines is 1. The smallest absolute Gasteiger partial charge is 0.293 e. The van der Waals surface area contributed by atoms with Gasteiger partial charge in [-0.2, -0.15) is 0 Å². The van der Waals surface area contributed by atoms with Crippen molar-refractivity contribution < 1.29 is 0 Å². The molecule has 1 aromatic heterocycles. The van der Waals surface area contributed by atoms with Crippen molar-refractivity contribution in [2.45, 2.75) is 64.1 Å². The second-order valence-corrected chi connectivity index (χ2v) is 6.59. The number of rotatable bonds is 5. The molecule has 2 aliphatic rings. The molecule has 1 N–H and O–H groups in total. The fourth-order valence-electron chi connectivity index (χ4n) is 3.11. The molecule has 1 aromatic rings. The van der Waals surface area contributed by atoms with Gasteiger partial charge >= 0.3 is 0 Å². The van der Waals surface area contributed by atoms with Crippen LogP contribution in [0.15, 0.2) is 17.2 Å². The lowest BCUT2D eigenvalue weighted by Crippen LogP contribution is -2.48. The van der Waals surface area contributed by atoms with E-state index in [0.29, 0.717) is 17.9 Å². The molecular weight excluding hydrogens is 264 g/mol. The first kappa shape index (κ1) is 14.6. The minimum atomic E-state index is 0.0736. The molecule has 1 unspecified atom stereocenters. The van der Waals surface area contributed by atoms with Crippen LogP contribution in [0.4, 0.5) is 5.82 Å². The first-order chi connectivity index (χ1) is 10.2. The van der Waals surface area contributed by atoms with Crippen molar-refractivity contribution in [1.29, 1.82) is 0 Å². The molecule has 0 spiro atoms. The van der Waals surface area contributed by atoms with E-state index in [-0.39, 0.29) is 11.6 Å². The van der Waals surface area contributed by atoms with Gasteiger partial charge in [0.2, 0.25) is 0 Å². The summed E-state index contributed by atoms with van der Waals surface area (Å²) in [4.78, 5) is 19.2. The van der Waals surface area contributed by atoms with Gasteiger partial charge in [-0.15, -0.1) is 0 Å². The maximum atomic E-state index is 12.7. The molecule has 2 fully saturated rings. The van der Waals surface area contributed by atoms with Gasteiger partial charge in [-0.3, -0.25) is 4.79 Å². The Hall–Kier alpha value is -1.36. The molecule has 0 amide bonds. The summed E-state index contributed by atoms with van der Waals surface area (Å²) in [6, 6.07) is 1.15. The Kier molecular flexibility index (Phi) is 4.29. The summed E-state index contributed by atoms with van der Waals surface area (Å²) < 4.78 is 1.87. The molecule has 1 atom stereocenters. The highest BCUT2D eigenvalue weighted by molar-refractivity contribution is 5.37. The third-order valence-corrected chi connectivity index (χ3v) is 4.52. The van der Waals surface area contributed by atoms with E-state index in [2.05, 4.69) is 29.0 Å². The molecule has 1 aliphatic heterocycles. The SMILES string of the molecule is CC(C)N(CC1CCCCN1)c1nccn(C2CC2)c1=O. The van der Waals surface area contributed by atoms with E-state index in [9.17, 15) is 4.79 Å². The second-order valence-electron chi connectivity index (χ2n) is 6.59. The van der Waals surface area contributed by atoms with E-state index in [0.717, 1.165) is 25.9 Å². The Balaban J connectivity index is 1.83. The van der Waals surface area contributed by atoms with Gasteiger partial charge in [0.25, 0.3) is 5.56 Å². The highest BCUT2D eigenvalue weighted by atomic mass is 16.1. The highest BCUT2D eigenvalue weighted by Crippen LogP contribution is 2.33. The molecule has 5 nitrogen and oxygen atoms in total. The predicted molar refractivity (Wildman–Crippen MR) is 84.9 cm³/mol. The topological polar surface area (TPSA) is 50.2 Å². The molecule has 2 heterocycles. The summed E-state index contributed by atoms with van der Waals surface area (Å²) in [6.45, 7) is 6.23. The maximum Gasteiger partial charge on any atom is 0.293 e. The van der Waals surface area contributed by atoms with E-state index in [4.69, 9.17) is 0 Å². The van der Waals surface area contributed by atoms with Crippen molar-refractivity contribution in [3.05, 3.63) is 22.7 Å². The summed E-state index contributed by atoms with van der Waals surface area (Å²) in [5, 5.41) is 3.57. The lowest BCUT2D eigenvalue weighted by Gasteiger charge is -2.33. The molecule has 116 valence electrons. The van der Waals surface area contributed by atoms with Gasteiger partial charge in [0, 0.05) is 37.1 Å². The van der Waals surface area contributed by atoms with Crippen LogP contribution in [-0.4, -0.2) is 34.7 Å². The normalized spacial score (nSPS) is 22.5. The monoisotopic (exact) mass is 290 g/mol. The van der Waals surface area contributed by atoms with Crippen molar-refractivity contribution in [2.24, 2.45) is 0 Å². The van der Waals surface area contributed by atoms with Crippen LogP contribution in [-0.2, 0) is 0 Å². The molecule has 3 rings (SSSR count). The maximum absolute atomic E-state index is 12.7. The quantitative estimate of drug-likeness (QED) is 0.900. The van der Waals surface area contributed by atoms with Gasteiger partial charge in [-0.1, -0.05) is 6.42 Å². The Morgan fingerprint density at radius 3 is 2.81 bits per heavy atom. The zero-order chi connectivity index (χ0) is 14.8. The van der Waals surface area contributed by atoms with Crippen molar-refractivity contribution in [2.75, 3.05) is 18.0 Å². The van der Waals surface area contributed by atoms with E-state index >= 15 is 0 Å². The number of hydrogen-bond acceptors (Lipinski definition) is 4. The summed E-state index contributed by atoms with van der Waals surface area (Å²) >= 11 is 0. The summed E-state index contributed by atoms with van der Waals surface area (Å²) in [5.74, 6) is 0.617. The average Bonchev–Trinajstić information content (AvgIpc) is 3.31. The average molecular weight is 290 g/mol. The van der Waals surface area contributed by atoms with Gasteiger partial charge in [0.15, 0.2) is 5.82 Å². The largest absolute Gasteiger partial charge is 0.348 e. The predicted octanol–water partition coefficient (Wildman–Crippen LogP) is 1.94. The fraction of sp³-hybridized carbons (Fsp3) is 0.750. The molecule has 1 saturated heterocycles. The molecule has 1 saturated carbocycles. The summed E-state index contributed by atoms with van der Waals surface area (Å²) in [7, 11) is 0. The lowest BCUT2D eigenvalue weighted by molar-refractivity contribution is 0.392. The standard InChI is InChI=1S/C16H26N4O/c1-12(2)20(11-13-5-3-4-8-17-13)15-16(21)19(10-9-18-15)14-6-7-14/h9-10,12-14,17H,3-8,11H2,1-2H3. The minimum Gasteiger partial charge on any atom is -0.348 e. The van der Waals surface area contributed by atoms with Crippen LogP contribution in [0.3, 0.4) is 0 Å². The van der Waals surface area contributed by atoms with Crippen LogP contribution in [0.25, 0.3) is 0 Å². The Labute approximate surface area is 126 Å². The Morgan fingerprint density at radius 2 is 2.19 bits per heavy atom. The van der Waals surface area contributed by atoms with E-state index in [1.54, 1.807) is 6.20 Å².